The number of carboxylic acids is 1. The van der Waals surface area contributed by atoms with Crippen LogP contribution in [0.25, 0.3) is 0 Å². The smallest absolute Gasteiger partial charge is 0.307 e. The van der Waals surface area contributed by atoms with Gasteiger partial charge in [-0.25, -0.2) is 0 Å². The molecule has 70 valence electrons. The van der Waals surface area contributed by atoms with Gasteiger partial charge in [0, 0.05) is 9.37 Å². The lowest BCUT2D eigenvalue weighted by Crippen LogP contribution is -2.02. The van der Waals surface area contributed by atoms with Crippen molar-refractivity contribution in [1.29, 1.82) is 0 Å². The summed E-state index contributed by atoms with van der Waals surface area (Å²) in [5.74, 6) is -0.804. The number of thioether (sulfide) groups is 1. The van der Waals surface area contributed by atoms with E-state index >= 15 is 0 Å². The zero-order valence-corrected chi connectivity index (χ0v) is 9.48. The number of aliphatic carboxylic acids is 1. The molecule has 1 N–H and O–H groups in total. The van der Waals surface area contributed by atoms with Crippen molar-refractivity contribution in [1.82, 2.24) is 0 Å². The van der Waals surface area contributed by atoms with Crippen LogP contribution in [0.3, 0.4) is 0 Å². The Bertz CT molecular complexity index is 325. The molecule has 4 heteroatoms. The molecule has 0 amide bonds. The summed E-state index contributed by atoms with van der Waals surface area (Å²) < 4.78 is 0.863. The molecular weight excluding hydrogens is 252 g/mol. The highest BCUT2D eigenvalue weighted by molar-refractivity contribution is 9.10. The summed E-state index contributed by atoms with van der Waals surface area (Å²) in [6.07, 6.45) is 2.00. The molecule has 0 heterocycles. The normalized spacial score (nSPS) is 10.0. The molecule has 0 unspecified atom stereocenters. The van der Waals surface area contributed by atoms with Gasteiger partial charge in [-0.15, -0.1) is 11.8 Å². The second-order valence-electron chi connectivity index (χ2n) is 2.49. The van der Waals surface area contributed by atoms with Crippen molar-refractivity contribution >= 4 is 33.7 Å². The molecule has 13 heavy (non-hydrogen) atoms. The Labute approximate surface area is 89.5 Å². The summed E-state index contributed by atoms with van der Waals surface area (Å²) in [5.41, 5.74) is 0.850. The molecule has 0 fully saturated rings. The SMILES string of the molecule is CSc1cccc(Br)c1CC(=O)O. The lowest BCUT2D eigenvalue weighted by molar-refractivity contribution is -0.136. The summed E-state index contributed by atoms with van der Waals surface area (Å²) in [4.78, 5) is 11.6. The first-order valence-corrected chi connectivity index (χ1v) is 5.70. The van der Waals surface area contributed by atoms with E-state index in [1.807, 2.05) is 24.5 Å². The zero-order valence-electron chi connectivity index (χ0n) is 7.08. The van der Waals surface area contributed by atoms with Crippen molar-refractivity contribution in [2.45, 2.75) is 11.3 Å². The summed E-state index contributed by atoms with van der Waals surface area (Å²) >= 11 is 4.90. The van der Waals surface area contributed by atoms with Gasteiger partial charge in [0.15, 0.2) is 0 Å². The van der Waals surface area contributed by atoms with Crippen molar-refractivity contribution in [2.24, 2.45) is 0 Å². The van der Waals surface area contributed by atoms with Crippen LogP contribution in [-0.4, -0.2) is 17.3 Å². The highest BCUT2D eigenvalue weighted by Crippen LogP contribution is 2.27. The van der Waals surface area contributed by atoms with E-state index in [0.29, 0.717) is 0 Å². The molecule has 0 spiro atoms. The summed E-state index contributed by atoms with van der Waals surface area (Å²) in [6, 6.07) is 5.69. The number of carbonyl (C=O) groups is 1. The number of benzene rings is 1. The molecule has 0 aliphatic heterocycles. The van der Waals surface area contributed by atoms with E-state index in [-0.39, 0.29) is 6.42 Å². The maximum absolute atomic E-state index is 10.6. The minimum atomic E-state index is -0.804. The zero-order chi connectivity index (χ0) is 9.84. The van der Waals surface area contributed by atoms with E-state index in [0.717, 1.165) is 14.9 Å². The maximum Gasteiger partial charge on any atom is 0.307 e. The van der Waals surface area contributed by atoms with E-state index in [1.54, 1.807) is 11.8 Å². The lowest BCUT2D eigenvalue weighted by atomic mass is 10.1. The fourth-order valence-electron chi connectivity index (χ4n) is 1.05. The van der Waals surface area contributed by atoms with Crippen LogP contribution in [0.1, 0.15) is 5.56 Å². The second-order valence-corrected chi connectivity index (χ2v) is 4.19. The molecular formula is C9H9BrO2S. The molecule has 0 saturated heterocycles. The fourth-order valence-corrected chi connectivity index (χ4v) is 2.33. The Balaban J connectivity index is 3.07. The van der Waals surface area contributed by atoms with E-state index in [9.17, 15) is 4.79 Å². The highest BCUT2D eigenvalue weighted by Gasteiger charge is 2.09. The Morgan fingerprint density at radius 1 is 1.62 bits per heavy atom. The molecule has 0 bridgehead atoms. The average Bonchev–Trinajstić information content (AvgIpc) is 2.08. The molecule has 1 aromatic rings. The van der Waals surface area contributed by atoms with E-state index < -0.39 is 5.97 Å². The third-order valence-electron chi connectivity index (χ3n) is 1.62. The van der Waals surface area contributed by atoms with Crippen molar-refractivity contribution in [2.75, 3.05) is 6.26 Å². The van der Waals surface area contributed by atoms with Gasteiger partial charge < -0.3 is 5.11 Å². The van der Waals surface area contributed by atoms with Gasteiger partial charge in [-0.2, -0.15) is 0 Å². The van der Waals surface area contributed by atoms with Crippen molar-refractivity contribution in [3.63, 3.8) is 0 Å². The van der Waals surface area contributed by atoms with Crippen LogP contribution in [0.5, 0.6) is 0 Å². The van der Waals surface area contributed by atoms with Crippen LogP contribution in [0.2, 0.25) is 0 Å². The first kappa shape index (κ1) is 10.6. The Kier molecular flexibility index (Phi) is 3.81. The Morgan fingerprint density at radius 2 is 2.31 bits per heavy atom. The Hall–Kier alpha value is -0.480. The molecule has 1 aromatic carbocycles. The minimum Gasteiger partial charge on any atom is -0.481 e. The third-order valence-corrected chi connectivity index (χ3v) is 3.19. The fraction of sp³-hybridized carbons (Fsp3) is 0.222. The summed E-state index contributed by atoms with van der Waals surface area (Å²) in [5, 5.41) is 8.68. The van der Waals surface area contributed by atoms with Crippen LogP contribution >= 0.6 is 27.7 Å². The van der Waals surface area contributed by atoms with Gasteiger partial charge in [-0.3, -0.25) is 4.79 Å². The second kappa shape index (κ2) is 4.67. The van der Waals surface area contributed by atoms with Gasteiger partial charge >= 0.3 is 5.97 Å². The number of hydrogen-bond acceptors (Lipinski definition) is 2. The van der Waals surface area contributed by atoms with Crippen molar-refractivity contribution < 1.29 is 9.90 Å². The topological polar surface area (TPSA) is 37.3 Å². The average molecular weight is 261 g/mol. The van der Waals surface area contributed by atoms with Crippen LogP contribution < -0.4 is 0 Å². The molecule has 2 nitrogen and oxygen atoms in total. The molecule has 0 aliphatic carbocycles. The van der Waals surface area contributed by atoms with Crippen molar-refractivity contribution in [3.05, 3.63) is 28.2 Å². The van der Waals surface area contributed by atoms with E-state index in [4.69, 9.17) is 5.11 Å². The third kappa shape index (κ3) is 2.74. The van der Waals surface area contributed by atoms with Gasteiger partial charge in [0.2, 0.25) is 0 Å². The maximum atomic E-state index is 10.6. The van der Waals surface area contributed by atoms with Crippen LogP contribution in [0.15, 0.2) is 27.6 Å². The first-order valence-electron chi connectivity index (χ1n) is 3.68. The standard InChI is InChI=1S/C9H9BrO2S/c1-13-8-4-2-3-7(10)6(8)5-9(11)12/h2-4H,5H2,1H3,(H,11,12). The minimum absolute atomic E-state index is 0.0671. The van der Waals surface area contributed by atoms with Gasteiger partial charge in [-0.05, 0) is 24.0 Å². The number of carboxylic acid groups (broad SMARTS) is 1. The highest BCUT2D eigenvalue weighted by atomic mass is 79.9. The van der Waals surface area contributed by atoms with E-state index in [1.165, 1.54) is 0 Å². The lowest BCUT2D eigenvalue weighted by Gasteiger charge is -2.06. The van der Waals surface area contributed by atoms with Crippen LogP contribution in [0, 0.1) is 0 Å². The van der Waals surface area contributed by atoms with Gasteiger partial charge in [-0.1, -0.05) is 22.0 Å². The number of rotatable bonds is 3. The predicted molar refractivity (Wildman–Crippen MR) is 57.3 cm³/mol. The largest absolute Gasteiger partial charge is 0.481 e. The van der Waals surface area contributed by atoms with Crippen LogP contribution in [0.4, 0.5) is 0 Å². The van der Waals surface area contributed by atoms with E-state index in [2.05, 4.69) is 15.9 Å². The number of halogens is 1. The van der Waals surface area contributed by atoms with Gasteiger partial charge in [0.05, 0.1) is 6.42 Å². The molecule has 0 radical (unpaired) electrons. The van der Waals surface area contributed by atoms with Gasteiger partial charge in [0.25, 0.3) is 0 Å². The molecule has 1 rings (SSSR count). The first-order chi connectivity index (χ1) is 6.15. The number of hydrogen-bond donors (Lipinski definition) is 1. The van der Waals surface area contributed by atoms with Crippen molar-refractivity contribution in [3.8, 4) is 0 Å². The summed E-state index contributed by atoms with van der Waals surface area (Å²) in [7, 11) is 0. The van der Waals surface area contributed by atoms with Gasteiger partial charge in [0.1, 0.15) is 0 Å². The molecule has 0 aliphatic rings. The monoisotopic (exact) mass is 260 g/mol. The summed E-state index contributed by atoms with van der Waals surface area (Å²) in [6.45, 7) is 0. The predicted octanol–water partition coefficient (Wildman–Crippen LogP) is 2.80. The quantitative estimate of drug-likeness (QED) is 0.850. The molecule has 0 saturated carbocycles. The molecule has 0 aromatic heterocycles. The van der Waals surface area contributed by atoms with Crippen LogP contribution in [-0.2, 0) is 11.2 Å². The molecule has 0 atom stereocenters. The Morgan fingerprint density at radius 3 is 2.85 bits per heavy atom.